The molecule has 1 aliphatic heterocycles. The fraction of sp³-hybridized carbons (Fsp3) is 0.261. The number of imide groups is 1. The van der Waals surface area contributed by atoms with Gasteiger partial charge < -0.3 is 9.88 Å². The normalized spacial score (nSPS) is 17.7. The lowest BCUT2D eigenvalue weighted by atomic mass is 9.72. The topological polar surface area (TPSA) is 149 Å². The maximum absolute atomic E-state index is 12.8. The highest BCUT2D eigenvalue weighted by molar-refractivity contribution is 7.99. The highest BCUT2D eigenvalue weighted by Crippen LogP contribution is 2.37. The van der Waals surface area contributed by atoms with Gasteiger partial charge in [0.15, 0.2) is 5.16 Å². The molecule has 2 aromatic carbocycles. The molecule has 35 heavy (non-hydrogen) atoms. The second-order valence-electron chi connectivity index (χ2n) is 8.11. The Hall–Kier alpha value is -4.06. The van der Waals surface area contributed by atoms with Gasteiger partial charge in [-0.25, -0.2) is 0 Å². The largest absolute Gasteiger partial charge is 0.322 e. The number of nitrogens with one attached hydrogen (secondary N) is 2. The number of nitro benzene ring substituents is 1. The Labute approximate surface area is 204 Å². The minimum absolute atomic E-state index is 0.123. The van der Waals surface area contributed by atoms with Crippen molar-refractivity contribution in [1.29, 1.82) is 0 Å². The van der Waals surface area contributed by atoms with Gasteiger partial charge in [-0.3, -0.25) is 29.8 Å². The molecular weight excluding hydrogens is 472 g/mol. The van der Waals surface area contributed by atoms with Gasteiger partial charge in [-0.1, -0.05) is 19.1 Å². The van der Waals surface area contributed by atoms with Crippen LogP contribution in [0, 0.1) is 10.1 Å². The van der Waals surface area contributed by atoms with Gasteiger partial charge in [0.05, 0.1) is 15.2 Å². The van der Waals surface area contributed by atoms with Crippen molar-refractivity contribution in [3.05, 3.63) is 70.0 Å². The molecule has 1 atom stereocenters. The van der Waals surface area contributed by atoms with Gasteiger partial charge in [0.1, 0.15) is 6.33 Å². The second-order valence-corrected chi connectivity index (χ2v) is 9.12. The summed E-state index contributed by atoms with van der Waals surface area (Å²) in [6.45, 7) is 1.89. The van der Waals surface area contributed by atoms with Gasteiger partial charge >= 0.3 is 0 Å². The number of nitrogens with zero attached hydrogens (tertiary/aromatic N) is 4. The van der Waals surface area contributed by atoms with Crippen LogP contribution >= 0.6 is 11.8 Å². The number of aromatic nitrogens is 3. The van der Waals surface area contributed by atoms with Crippen LogP contribution in [-0.2, 0) is 22.1 Å². The third kappa shape index (κ3) is 4.78. The molecule has 180 valence electrons. The molecule has 0 saturated carbocycles. The monoisotopic (exact) mass is 494 g/mol. The molecule has 1 aliphatic rings. The summed E-state index contributed by atoms with van der Waals surface area (Å²) in [5, 5.41) is 24.9. The zero-order valence-electron chi connectivity index (χ0n) is 19.0. The molecule has 2 heterocycles. The van der Waals surface area contributed by atoms with Crippen molar-refractivity contribution in [2.24, 2.45) is 7.05 Å². The van der Waals surface area contributed by atoms with Gasteiger partial charge in [0.2, 0.25) is 11.8 Å². The standard InChI is InChI=1S/C23H22N6O5S/c1-3-23(11-10-19(30)26-21(23)32)15-5-7-16(8-6-15)25-20(31)14-4-9-18(17(12-14)29(33)34)35-22-27-24-13-28(22)2/h4-9,12-13H,3,10-11H2,1-2H3,(H,25,31)(H,26,30,32). The number of benzene rings is 2. The van der Waals surface area contributed by atoms with Crippen LogP contribution < -0.4 is 10.6 Å². The van der Waals surface area contributed by atoms with Crippen molar-refractivity contribution in [3.8, 4) is 0 Å². The van der Waals surface area contributed by atoms with Crippen LogP contribution in [0.1, 0.15) is 42.1 Å². The number of hydrogen-bond acceptors (Lipinski definition) is 8. The van der Waals surface area contributed by atoms with E-state index < -0.39 is 16.2 Å². The summed E-state index contributed by atoms with van der Waals surface area (Å²) in [6.07, 6.45) is 2.70. The van der Waals surface area contributed by atoms with Crippen LogP contribution in [0.2, 0.25) is 0 Å². The first-order chi connectivity index (χ1) is 16.7. The van der Waals surface area contributed by atoms with Crippen LogP contribution in [0.15, 0.2) is 58.8 Å². The van der Waals surface area contributed by atoms with E-state index in [0.717, 1.165) is 17.3 Å². The van der Waals surface area contributed by atoms with Crippen molar-refractivity contribution >= 4 is 40.9 Å². The van der Waals surface area contributed by atoms with E-state index in [2.05, 4.69) is 20.8 Å². The zero-order valence-corrected chi connectivity index (χ0v) is 19.8. The molecule has 4 rings (SSSR count). The molecule has 0 bridgehead atoms. The zero-order chi connectivity index (χ0) is 25.2. The third-order valence-electron chi connectivity index (χ3n) is 6.05. The van der Waals surface area contributed by atoms with Gasteiger partial charge in [-0.05, 0) is 54.4 Å². The van der Waals surface area contributed by atoms with E-state index in [4.69, 9.17) is 0 Å². The molecule has 0 aliphatic carbocycles. The number of piperidine rings is 1. The SMILES string of the molecule is CCC1(c2ccc(NC(=O)c3ccc(Sc4nncn4C)c([N+](=O)[O-])c3)cc2)CCC(=O)NC1=O. The summed E-state index contributed by atoms with van der Waals surface area (Å²) in [4.78, 5) is 48.4. The van der Waals surface area contributed by atoms with Gasteiger partial charge in [0.25, 0.3) is 11.6 Å². The quantitative estimate of drug-likeness (QED) is 0.289. The summed E-state index contributed by atoms with van der Waals surface area (Å²) in [5.41, 5.74) is 0.330. The van der Waals surface area contributed by atoms with Crippen LogP contribution in [0.4, 0.5) is 11.4 Å². The number of carbonyl (C=O) groups excluding carboxylic acids is 3. The van der Waals surface area contributed by atoms with E-state index in [1.54, 1.807) is 35.9 Å². The van der Waals surface area contributed by atoms with E-state index in [1.807, 2.05) is 6.92 Å². The predicted molar refractivity (Wildman–Crippen MR) is 127 cm³/mol. The Kier molecular flexibility index (Phi) is 6.65. The minimum atomic E-state index is -0.798. The Bertz CT molecular complexity index is 1320. The first-order valence-electron chi connectivity index (χ1n) is 10.8. The summed E-state index contributed by atoms with van der Waals surface area (Å²) >= 11 is 1.08. The maximum atomic E-state index is 12.8. The molecule has 0 radical (unpaired) electrons. The third-order valence-corrected chi connectivity index (χ3v) is 7.17. The molecule has 3 aromatic rings. The van der Waals surface area contributed by atoms with Crippen molar-refractivity contribution in [2.45, 2.75) is 41.7 Å². The Balaban J connectivity index is 1.52. The lowest BCUT2D eigenvalue weighted by molar-refractivity contribution is -0.387. The molecule has 1 unspecified atom stereocenters. The summed E-state index contributed by atoms with van der Waals surface area (Å²) in [6, 6.07) is 11.1. The minimum Gasteiger partial charge on any atom is -0.322 e. The number of hydrogen-bond donors (Lipinski definition) is 2. The van der Waals surface area contributed by atoms with E-state index in [1.165, 1.54) is 24.5 Å². The highest BCUT2D eigenvalue weighted by atomic mass is 32.2. The summed E-state index contributed by atoms with van der Waals surface area (Å²) in [5.74, 6) is -1.11. The Morgan fingerprint density at radius 1 is 1.26 bits per heavy atom. The van der Waals surface area contributed by atoms with E-state index in [0.29, 0.717) is 28.6 Å². The molecule has 1 fully saturated rings. The lowest BCUT2D eigenvalue weighted by Gasteiger charge is -2.35. The van der Waals surface area contributed by atoms with Crippen molar-refractivity contribution in [2.75, 3.05) is 5.32 Å². The molecule has 12 heteroatoms. The van der Waals surface area contributed by atoms with Gasteiger partial charge in [-0.2, -0.15) is 0 Å². The second kappa shape index (κ2) is 9.66. The number of rotatable bonds is 7. The molecule has 0 spiro atoms. The fourth-order valence-corrected chi connectivity index (χ4v) is 4.84. The number of amides is 3. The average Bonchev–Trinajstić information content (AvgIpc) is 3.24. The lowest BCUT2D eigenvalue weighted by Crippen LogP contribution is -2.51. The molecule has 3 amide bonds. The number of anilines is 1. The molecular formula is C23H22N6O5S. The van der Waals surface area contributed by atoms with Crippen LogP contribution in [-0.4, -0.2) is 37.4 Å². The number of carbonyl (C=O) groups is 3. The van der Waals surface area contributed by atoms with Gasteiger partial charge in [-0.15, -0.1) is 10.2 Å². The fourth-order valence-electron chi connectivity index (χ4n) is 3.99. The Morgan fingerprint density at radius 3 is 2.60 bits per heavy atom. The van der Waals surface area contributed by atoms with Crippen molar-refractivity contribution in [1.82, 2.24) is 20.1 Å². The first-order valence-corrected chi connectivity index (χ1v) is 11.6. The summed E-state index contributed by atoms with van der Waals surface area (Å²) in [7, 11) is 1.73. The molecule has 11 nitrogen and oxygen atoms in total. The first kappa shape index (κ1) is 24.1. The number of aryl methyl sites for hydroxylation is 1. The molecule has 2 N–H and O–H groups in total. The van der Waals surface area contributed by atoms with E-state index in [-0.39, 0.29) is 29.5 Å². The predicted octanol–water partition coefficient (Wildman–Crippen LogP) is 3.21. The Morgan fingerprint density at radius 2 is 2.00 bits per heavy atom. The van der Waals surface area contributed by atoms with Gasteiger partial charge in [0, 0.05) is 30.8 Å². The maximum Gasteiger partial charge on any atom is 0.284 e. The highest BCUT2D eigenvalue weighted by Gasteiger charge is 2.42. The number of nitro groups is 1. The summed E-state index contributed by atoms with van der Waals surface area (Å²) < 4.78 is 1.64. The average molecular weight is 495 g/mol. The smallest absolute Gasteiger partial charge is 0.284 e. The van der Waals surface area contributed by atoms with Crippen LogP contribution in [0.3, 0.4) is 0 Å². The molecule has 1 aromatic heterocycles. The van der Waals surface area contributed by atoms with Crippen molar-refractivity contribution < 1.29 is 19.3 Å². The molecule has 1 saturated heterocycles. The van der Waals surface area contributed by atoms with Crippen molar-refractivity contribution in [3.63, 3.8) is 0 Å². The van der Waals surface area contributed by atoms with Crippen LogP contribution in [0.25, 0.3) is 0 Å². The van der Waals surface area contributed by atoms with Crippen LogP contribution in [0.5, 0.6) is 0 Å². The van der Waals surface area contributed by atoms with E-state index in [9.17, 15) is 24.5 Å². The van der Waals surface area contributed by atoms with E-state index >= 15 is 0 Å².